The molecule has 1 N–H and O–H groups in total. The molecule has 0 atom stereocenters. The van der Waals surface area contributed by atoms with Crippen molar-refractivity contribution in [3.63, 3.8) is 0 Å². The predicted molar refractivity (Wildman–Crippen MR) is 104 cm³/mol. The fourth-order valence-electron chi connectivity index (χ4n) is 2.03. The van der Waals surface area contributed by atoms with Crippen LogP contribution in [0.2, 0.25) is 15.1 Å². The van der Waals surface area contributed by atoms with Crippen LogP contribution in [0.1, 0.15) is 0 Å². The Kier molecular flexibility index (Phi) is 5.83. The average molecular weight is 428 g/mol. The highest BCUT2D eigenvalue weighted by atomic mass is 35.5. The molecule has 1 aromatic heterocycles. The molecule has 0 fully saturated rings. The number of anilines is 2. The molecule has 1 heterocycles. The molecule has 3 aromatic rings. The summed E-state index contributed by atoms with van der Waals surface area (Å²) in [6.45, 7) is 0. The van der Waals surface area contributed by atoms with Gasteiger partial charge in [0.05, 0.1) is 15.6 Å². The number of halogens is 3. The standard InChI is InChI=1S/C16H9Cl3N4O2S/c17-9-1-4-11(5-2-9)26-16-14(23(24)25)15(20-8-21-16)22-13-7-10(18)3-6-12(13)19/h1-8H,(H,20,21,22). The molecule has 6 nitrogen and oxygen atoms in total. The normalized spacial score (nSPS) is 10.6. The second-order valence-corrected chi connectivity index (χ2v) is 7.28. The van der Waals surface area contributed by atoms with Crippen molar-refractivity contribution in [3.05, 3.63) is 74.0 Å². The fourth-order valence-corrected chi connectivity index (χ4v) is 3.35. The molecule has 132 valence electrons. The number of nitrogens with zero attached hydrogens (tertiary/aromatic N) is 3. The molecule has 3 rings (SSSR count). The summed E-state index contributed by atoms with van der Waals surface area (Å²) >= 11 is 19.1. The molecule has 0 saturated heterocycles. The molecule has 0 amide bonds. The Morgan fingerprint density at radius 2 is 1.69 bits per heavy atom. The molecule has 0 spiro atoms. The van der Waals surface area contributed by atoms with Gasteiger partial charge in [0.25, 0.3) is 0 Å². The van der Waals surface area contributed by atoms with Crippen molar-refractivity contribution in [2.45, 2.75) is 9.92 Å². The second kappa shape index (κ2) is 8.09. The zero-order valence-electron chi connectivity index (χ0n) is 12.8. The van der Waals surface area contributed by atoms with E-state index in [1.165, 1.54) is 6.33 Å². The van der Waals surface area contributed by atoms with E-state index in [1.807, 2.05) is 0 Å². The molecule has 0 saturated carbocycles. The molecule has 0 bridgehead atoms. The maximum Gasteiger partial charge on any atom is 0.343 e. The summed E-state index contributed by atoms with van der Waals surface area (Å²) in [5.41, 5.74) is 0.145. The van der Waals surface area contributed by atoms with E-state index in [-0.39, 0.29) is 16.5 Å². The van der Waals surface area contributed by atoms with E-state index >= 15 is 0 Å². The number of nitrogens with one attached hydrogen (secondary N) is 1. The number of hydrogen-bond donors (Lipinski definition) is 1. The second-order valence-electron chi connectivity index (χ2n) is 4.94. The lowest BCUT2D eigenvalue weighted by atomic mass is 10.3. The van der Waals surface area contributed by atoms with Crippen molar-refractivity contribution < 1.29 is 4.92 Å². The van der Waals surface area contributed by atoms with Crippen LogP contribution in [0.3, 0.4) is 0 Å². The first-order valence-electron chi connectivity index (χ1n) is 7.09. The predicted octanol–water partition coefficient (Wildman–Crippen LogP) is 6.24. The van der Waals surface area contributed by atoms with Gasteiger partial charge in [0.2, 0.25) is 5.82 Å². The number of hydrogen-bond acceptors (Lipinski definition) is 6. The van der Waals surface area contributed by atoms with E-state index in [4.69, 9.17) is 34.8 Å². The Bertz CT molecular complexity index is 970. The van der Waals surface area contributed by atoms with Crippen molar-refractivity contribution in [1.29, 1.82) is 0 Å². The first kappa shape index (κ1) is 18.7. The van der Waals surface area contributed by atoms with Gasteiger partial charge in [0.15, 0.2) is 5.03 Å². The van der Waals surface area contributed by atoms with E-state index < -0.39 is 4.92 Å². The van der Waals surface area contributed by atoms with Crippen molar-refractivity contribution in [2.24, 2.45) is 0 Å². The average Bonchev–Trinajstić information content (AvgIpc) is 2.60. The smallest absolute Gasteiger partial charge is 0.333 e. The van der Waals surface area contributed by atoms with Crippen LogP contribution in [0.5, 0.6) is 0 Å². The van der Waals surface area contributed by atoms with E-state index in [2.05, 4.69) is 15.3 Å². The Morgan fingerprint density at radius 3 is 2.38 bits per heavy atom. The van der Waals surface area contributed by atoms with Crippen LogP contribution in [0, 0.1) is 10.1 Å². The monoisotopic (exact) mass is 426 g/mol. The summed E-state index contributed by atoms with van der Waals surface area (Å²) in [4.78, 5) is 19.9. The molecule has 0 aliphatic carbocycles. The van der Waals surface area contributed by atoms with Crippen LogP contribution < -0.4 is 5.32 Å². The molecule has 26 heavy (non-hydrogen) atoms. The summed E-state index contributed by atoms with van der Waals surface area (Å²) in [5, 5.41) is 16.0. The lowest BCUT2D eigenvalue weighted by Gasteiger charge is -2.10. The van der Waals surface area contributed by atoms with Crippen LogP contribution in [-0.2, 0) is 0 Å². The largest absolute Gasteiger partial charge is 0.343 e. The zero-order chi connectivity index (χ0) is 18.7. The number of aromatic nitrogens is 2. The molecule has 0 aliphatic heterocycles. The van der Waals surface area contributed by atoms with Crippen LogP contribution in [0.25, 0.3) is 0 Å². The Morgan fingerprint density at radius 1 is 1.00 bits per heavy atom. The summed E-state index contributed by atoms with van der Waals surface area (Å²) in [5.74, 6) is 0.0191. The van der Waals surface area contributed by atoms with Crippen LogP contribution in [0.4, 0.5) is 17.2 Å². The fraction of sp³-hybridized carbons (Fsp3) is 0. The third-order valence-electron chi connectivity index (χ3n) is 3.18. The Labute approximate surface area is 167 Å². The molecule has 0 aliphatic rings. The zero-order valence-corrected chi connectivity index (χ0v) is 15.9. The van der Waals surface area contributed by atoms with Gasteiger partial charge >= 0.3 is 5.69 Å². The molecule has 0 unspecified atom stereocenters. The minimum atomic E-state index is -0.543. The van der Waals surface area contributed by atoms with Gasteiger partial charge in [-0.25, -0.2) is 9.97 Å². The van der Waals surface area contributed by atoms with Crippen molar-refractivity contribution in [1.82, 2.24) is 9.97 Å². The van der Waals surface area contributed by atoms with E-state index in [0.717, 1.165) is 16.7 Å². The SMILES string of the molecule is O=[N+]([O-])c1c(Nc2cc(Cl)ccc2Cl)ncnc1Sc1ccc(Cl)cc1. The van der Waals surface area contributed by atoms with Crippen LogP contribution in [0.15, 0.2) is 58.7 Å². The van der Waals surface area contributed by atoms with Gasteiger partial charge < -0.3 is 5.32 Å². The van der Waals surface area contributed by atoms with Gasteiger partial charge in [-0.1, -0.05) is 46.6 Å². The van der Waals surface area contributed by atoms with Gasteiger partial charge in [0.1, 0.15) is 6.33 Å². The number of benzene rings is 2. The van der Waals surface area contributed by atoms with E-state index in [0.29, 0.717) is 20.8 Å². The molecular formula is C16H9Cl3N4O2S. The van der Waals surface area contributed by atoms with Crippen LogP contribution in [-0.4, -0.2) is 14.9 Å². The van der Waals surface area contributed by atoms with Gasteiger partial charge in [-0.05, 0) is 42.5 Å². The highest BCUT2D eigenvalue weighted by Crippen LogP contribution is 2.38. The Hall–Kier alpha value is -2.06. The Balaban J connectivity index is 1.99. The first-order valence-corrected chi connectivity index (χ1v) is 9.04. The number of nitro groups is 1. The van der Waals surface area contributed by atoms with E-state index in [9.17, 15) is 10.1 Å². The van der Waals surface area contributed by atoms with Gasteiger partial charge in [-0.3, -0.25) is 10.1 Å². The highest BCUT2D eigenvalue weighted by Gasteiger charge is 2.24. The van der Waals surface area contributed by atoms with Crippen molar-refractivity contribution in [2.75, 3.05) is 5.32 Å². The van der Waals surface area contributed by atoms with Gasteiger partial charge in [0, 0.05) is 14.9 Å². The highest BCUT2D eigenvalue weighted by molar-refractivity contribution is 7.99. The van der Waals surface area contributed by atoms with Gasteiger partial charge in [-0.2, -0.15) is 0 Å². The number of rotatable bonds is 5. The van der Waals surface area contributed by atoms with Gasteiger partial charge in [-0.15, -0.1) is 0 Å². The first-order chi connectivity index (χ1) is 12.4. The summed E-state index contributed by atoms with van der Waals surface area (Å²) in [7, 11) is 0. The van der Waals surface area contributed by atoms with E-state index in [1.54, 1.807) is 42.5 Å². The molecule has 0 radical (unpaired) electrons. The third-order valence-corrected chi connectivity index (χ3v) is 5.00. The minimum absolute atomic E-state index is 0.0191. The summed E-state index contributed by atoms with van der Waals surface area (Å²) < 4.78 is 0. The van der Waals surface area contributed by atoms with Crippen LogP contribution >= 0.6 is 46.6 Å². The lowest BCUT2D eigenvalue weighted by molar-refractivity contribution is -0.387. The maximum atomic E-state index is 11.6. The maximum absolute atomic E-state index is 11.6. The summed E-state index contributed by atoms with van der Waals surface area (Å²) in [6, 6.07) is 11.7. The lowest BCUT2D eigenvalue weighted by Crippen LogP contribution is -2.03. The minimum Gasteiger partial charge on any atom is -0.333 e. The topological polar surface area (TPSA) is 81.0 Å². The third kappa shape index (κ3) is 4.37. The molecule has 2 aromatic carbocycles. The van der Waals surface area contributed by atoms with Crippen molar-refractivity contribution >= 4 is 63.8 Å². The quantitative estimate of drug-likeness (QED) is 0.295. The summed E-state index contributed by atoms with van der Waals surface area (Å²) in [6.07, 6.45) is 1.24. The van der Waals surface area contributed by atoms with Crippen molar-refractivity contribution in [3.8, 4) is 0 Å². The molecule has 10 heteroatoms. The molecular weight excluding hydrogens is 419 g/mol.